The van der Waals surface area contributed by atoms with Gasteiger partial charge in [-0.05, 0) is 17.5 Å². The number of nitrogens with two attached hydrogens (primary N) is 1. The normalized spacial score (nSPS) is 13.3. The second kappa shape index (κ2) is 4.97. The summed E-state index contributed by atoms with van der Waals surface area (Å²) in [6.45, 7) is 5.83. The van der Waals surface area contributed by atoms with Crippen LogP contribution in [0.25, 0.3) is 10.9 Å². The van der Waals surface area contributed by atoms with Crippen molar-refractivity contribution in [1.82, 2.24) is 4.98 Å². The monoisotopic (exact) mass is 257 g/mol. The molecule has 1 amide bonds. The van der Waals surface area contributed by atoms with Crippen LogP contribution in [0.4, 0.5) is 5.69 Å². The van der Waals surface area contributed by atoms with Crippen molar-refractivity contribution >= 4 is 22.5 Å². The average molecular weight is 257 g/mol. The second-order valence-electron chi connectivity index (χ2n) is 5.71. The number of nitrogens with zero attached hydrogens (tertiary/aromatic N) is 1. The summed E-state index contributed by atoms with van der Waals surface area (Å²) in [5.41, 5.74) is 7.15. The molecule has 4 heteroatoms. The van der Waals surface area contributed by atoms with E-state index in [9.17, 15) is 4.79 Å². The van der Waals surface area contributed by atoms with Gasteiger partial charge in [0.15, 0.2) is 0 Å². The Labute approximate surface area is 113 Å². The van der Waals surface area contributed by atoms with E-state index in [1.807, 2.05) is 51.1 Å². The van der Waals surface area contributed by atoms with Crippen molar-refractivity contribution < 1.29 is 4.79 Å². The maximum atomic E-state index is 12.1. The van der Waals surface area contributed by atoms with Crippen molar-refractivity contribution in [2.75, 3.05) is 5.32 Å². The zero-order valence-corrected chi connectivity index (χ0v) is 11.5. The molecule has 19 heavy (non-hydrogen) atoms. The molecule has 0 saturated carbocycles. The highest BCUT2D eigenvalue weighted by Gasteiger charge is 2.27. The van der Waals surface area contributed by atoms with Crippen LogP contribution >= 0.6 is 0 Å². The maximum Gasteiger partial charge on any atom is 0.241 e. The first-order valence-electron chi connectivity index (χ1n) is 6.30. The Balaban J connectivity index is 2.29. The molecule has 0 radical (unpaired) electrons. The molecule has 3 N–H and O–H groups in total. The number of fused-ring (bicyclic) bond motifs is 1. The topological polar surface area (TPSA) is 68.0 Å². The quantitative estimate of drug-likeness (QED) is 0.868. The zero-order chi connectivity index (χ0) is 14.0. The fourth-order valence-corrected chi connectivity index (χ4v) is 1.81. The minimum atomic E-state index is -0.563. The van der Waals surface area contributed by atoms with Gasteiger partial charge in [-0.1, -0.05) is 39.0 Å². The summed E-state index contributed by atoms with van der Waals surface area (Å²) in [5.74, 6) is -0.189. The number of pyridine rings is 1. The Hall–Kier alpha value is -1.94. The molecule has 1 aromatic carbocycles. The highest BCUT2D eigenvalue weighted by molar-refractivity contribution is 6.02. The number of amides is 1. The van der Waals surface area contributed by atoms with E-state index in [1.54, 1.807) is 6.20 Å². The number of rotatable bonds is 2. The number of carbonyl (C=O) groups excluding carboxylic acids is 1. The molecule has 2 aromatic rings. The number of hydrogen-bond acceptors (Lipinski definition) is 3. The molecular weight excluding hydrogens is 238 g/mol. The molecule has 4 nitrogen and oxygen atoms in total. The van der Waals surface area contributed by atoms with Crippen molar-refractivity contribution in [2.45, 2.75) is 26.8 Å². The Morgan fingerprint density at radius 1 is 1.26 bits per heavy atom. The molecule has 1 unspecified atom stereocenters. The molecule has 100 valence electrons. The van der Waals surface area contributed by atoms with Crippen molar-refractivity contribution in [3.8, 4) is 0 Å². The summed E-state index contributed by atoms with van der Waals surface area (Å²) in [6, 6.07) is 8.95. The molecule has 0 aliphatic carbocycles. The van der Waals surface area contributed by atoms with Gasteiger partial charge < -0.3 is 11.1 Å². The van der Waals surface area contributed by atoms with Gasteiger partial charge in [-0.25, -0.2) is 0 Å². The van der Waals surface area contributed by atoms with Crippen LogP contribution in [0.15, 0.2) is 36.5 Å². The Morgan fingerprint density at radius 3 is 2.63 bits per heavy atom. The molecule has 0 spiro atoms. The van der Waals surface area contributed by atoms with Crippen molar-refractivity contribution in [2.24, 2.45) is 11.1 Å². The lowest BCUT2D eigenvalue weighted by atomic mass is 9.87. The molecular formula is C15H19N3O. The minimum absolute atomic E-state index is 0.189. The van der Waals surface area contributed by atoms with Crippen LogP contribution < -0.4 is 11.1 Å². The van der Waals surface area contributed by atoms with Crippen LogP contribution in [0.1, 0.15) is 20.8 Å². The average Bonchev–Trinajstić information content (AvgIpc) is 2.37. The minimum Gasteiger partial charge on any atom is -0.323 e. The third-order valence-electron chi connectivity index (χ3n) is 3.11. The summed E-state index contributed by atoms with van der Waals surface area (Å²) in [7, 11) is 0. The summed E-state index contributed by atoms with van der Waals surface area (Å²) >= 11 is 0. The largest absolute Gasteiger partial charge is 0.323 e. The van der Waals surface area contributed by atoms with Gasteiger partial charge in [0.05, 0.1) is 17.2 Å². The number of hydrogen-bond donors (Lipinski definition) is 2. The van der Waals surface area contributed by atoms with E-state index in [0.717, 1.165) is 10.9 Å². The van der Waals surface area contributed by atoms with E-state index in [4.69, 9.17) is 5.73 Å². The highest BCUT2D eigenvalue weighted by atomic mass is 16.2. The fraction of sp³-hybridized carbons (Fsp3) is 0.333. The second-order valence-corrected chi connectivity index (χ2v) is 5.71. The lowest BCUT2D eigenvalue weighted by Crippen LogP contribution is -2.45. The molecule has 0 aliphatic rings. The molecule has 0 saturated heterocycles. The summed E-state index contributed by atoms with van der Waals surface area (Å²) in [6.07, 6.45) is 1.71. The fourth-order valence-electron chi connectivity index (χ4n) is 1.81. The van der Waals surface area contributed by atoms with Gasteiger partial charge >= 0.3 is 0 Å². The van der Waals surface area contributed by atoms with Gasteiger partial charge in [0, 0.05) is 11.6 Å². The third kappa shape index (κ3) is 2.90. The van der Waals surface area contributed by atoms with E-state index < -0.39 is 6.04 Å². The van der Waals surface area contributed by atoms with Crippen molar-refractivity contribution in [3.63, 3.8) is 0 Å². The predicted octanol–water partition coefficient (Wildman–Crippen LogP) is 2.55. The van der Waals surface area contributed by atoms with Crippen LogP contribution in [0, 0.1) is 5.41 Å². The van der Waals surface area contributed by atoms with Gasteiger partial charge in [0.2, 0.25) is 5.91 Å². The Morgan fingerprint density at radius 2 is 1.95 bits per heavy atom. The van der Waals surface area contributed by atoms with E-state index in [-0.39, 0.29) is 11.3 Å². The van der Waals surface area contributed by atoms with Gasteiger partial charge in [-0.15, -0.1) is 0 Å². The van der Waals surface area contributed by atoms with Crippen molar-refractivity contribution in [1.29, 1.82) is 0 Å². The van der Waals surface area contributed by atoms with E-state index in [0.29, 0.717) is 5.69 Å². The van der Waals surface area contributed by atoms with E-state index in [2.05, 4.69) is 10.3 Å². The lowest BCUT2D eigenvalue weighted by molar-refractivity contribution is -0.119. The first-order valence-corrected chi connectivity index (χ1v) is 6.30. The highest BCUT2D eigenvalue weighted by Crippen LogP contribution is 2.23. The number of nitrogens with one attached hydrogen (secondary N) is 1. The molecule has 1 atom stereocenters. The summed E-state index contributed by atoms with van der Waals surface area (Å²) in [5, 5.41) is 3.86. The number of carbonyl (C=O) groups is 1. The molecule has 2 rings (SSSR count). The van der Waals surface area contributed by atoms with Gasteiger partial charge in [0.25, 0.3) is 0 Å². The van der Waals surface area contributed by atoms with Crippen LogP contribution in [0.5, 0.6) is 0 Å². The third-order valence-corrected chi connectivity index (χ3v) is 3.11. The van der Waals surface area contributed by atoms with Gasteiger partial charge in [0.1, 0.15) is 0 Å². The summed E-state index contributed by atoms with van der Waals surface area (Å²) < 4.78 is 0. The number of benzene rings is 1. The van der Waals surface area contributed by atoms with Gasteiger partial charge in [-0.2, -0.15) is 0 Å². The Kier molecular flexibility index (Phi) is 3.53. The number of anilines is 1. The maximum absolute atomic E-state index is 12.1. The standard InChI is InChI=1S/C15H19N3O/c1-15(2,3)13(16)14(19)18-11-8-4-6-10-7-5-9-17-12(10)11/h4-9,13H,16H2,1-3H3,(H,18,19). The predicted molar refractivity (Wildman–Crippen MR) is 77.8 cm³/mol. The molecule has 0 bridgehead atoms. The molecule has 0 aliphatic heterocycles. The van der Waals surface area contributed by atoms with Crippen molar-refractivity contribution in [3.05, 3.63) is 36.5 Å². The first kappa shape index (κ1) is 13.5. The molecule has 1 heterocycles. The van der Waals surface area contributed by atoms with Crippen LogP contribution in [0.3, 0.4) is 0 Å². The van der Waals surface area contributed by atoms with Crippen LogP contribution in [0.2, 0.25) is 0 Å². The summed E-state index contributed by atoms with van der Waals surface area (Å²) in [4.78, 5) is 16.4. The van der Waals surface area contributed by atoms with E-state index >= 15 is 0 Å². The smallest absolute Gasteiger partial charge is 0.241 e. The zero-order valence-electron chi connectivity index (χ0n) is 11.5. The first-order chi connectivity index (χ1) is 8.89. The van der Waals surface area contributed by atoms with E-state index in [1.165, 1.54) is 0 Å². The van der Waals surface area contributed by atoms with Crippen LogP contribution in [-0.2, 0) is 4.79 Å². The van der Waals surface area contributed by atoms with Gasteiger partial charge in [-0.3, -0.25) is 9.78 Å². The SMILES string of the molecule is CC(C)(C)C(N)C(=O)Nc1cccc2cccnc12. The van der Waals surface area contributed by atoms with Crippen LogP contribution in [-0.4, -0.2) is 16.9 Å². The lowest BCUT2D eigenvalue weighted by Gasteiger charge is -2.25. The Bertz CT molecular complexity index is 596. The number of aromatic nitrogens is 1. The molecule has 0 fully saturated rings. The molecule has 1 aromatic heterocycles. The number of para-hydroxylation sites is 1.